The molecule has 0 saturated carbocycles. The van der Waals surface area contributed by atoms with Gasteiger partial charge in [-0.2, -0.15) is 0 Å². The van der Waals surface area contributed by atoms with Gasteiger partial charge in [-0.3, -0.25) is 4.90 Å². The zero-order valence-electron chi connectivity index (χ0n) is 11.2. The van der Waals surface area contributed by atoms with Crippen LogP contribution < -0.4 is 5.73 Å². The molecule has 17 heavy (non-hydrogen) atoms. The van der Waals surface area contributed by atoms with Gasteiger partial charge in [-0.05, 0) is 43.1 Å². The number of benzene rings is 1. The highest BCUT2D eigenvalue weighted by atomic mass is 19.1. The summed E-state index contributed by atoms with van der Waals surface area (Å²) < 4.78 is 13.3. The minimum atomic E-state index is -0.193. The average Bonchev–Trinajstić information content (AvgIpc) is 2.23. The molecule has 0 aliphatic heterocycles. The fourth-order valence-electron chi connectivity index (χ4n) is 2.22. The highest BCUT2D eigenvalue weighted by Crippen LogP contribution is 2.23. The maximum atomic E-state index is 13.3. The summed E-state index contributed by atoms with van der Waals surface area (Å²) in [4.78, 5) is 2.20. The first-order chi connectivity index (χ1) is 7.95. The molecule has 1 atom stereocenters. The minimum absolute atomic E-state index is 0.0908. The summed E-state index contributed by atoms with van der Waals surface area (Å²) >= 11 is 0. The van der Waals surface area contributed by atoms with Crippen LogP contribution in [0.4, 0.5) is 4.39 Å². The van der Waals surface area contributed by atoms with Gasteiger partial charge in [-0.15, -0.1) is 0 Å². The van der Waals surface area contributed by atoms with Crippen molar-refractivity contribution < 1.29 is 4.39 Å². The smallest absolute Gasteiger partial charge is 0.123 e. The number of likely N-dealkylation sites (N-methyl/N-ethyl adjacent to an activating group) is 1. The normalized spacial score (nSPS) is 13.4. The Morgan fingerprint density at radius 3 is 2.53 bits per heavy atom. The molecule has 0 saturated heterocycles. The summed E-state index contributed by atoms with van der Waals surface area (Å²) in [5, 5.41) is 0. The van der Waals surface area contributed by atoms with E-state index in [-0.39, 0.29) is 11.9 Å². The lowest BCUT2D eigenvalue weighted by molar-refractivity contribution is 0.223. The Morgan fingerprint density at radius 1 is 1.35 bits per heavy atom. The van der Waals surface area contributed by atoms with E-state index in [1.54, 1.807) is 6.07 Å². The quantitative estimate of drug-likeness (QED) is 0.854. The fourth-order valence-corrected chi connectivity index (χ4v) is 2.22. The molecule has 1 aromatic rings. The topological polar surface area (TPSA) is 29.3 Å². The first-order valence-electron chi connectivity index (χ1n) is 6.12. The molecular weight excluding hydrogens is 215 g/mol. The molecule has 0 bridgehead atoms. The van der Waals surface area contributed by atoms with Crippen molar-refractivity contribution in [1.82, 2.24) is 4.90 Å². The van der Waals surface area contributed by atoms with Gasteiger partial charge in [0.2, 0.25) is 0 Å². The van der Waals surface area contributed by atoms with Crippen molar-refractivity contribution in [2.75, 3.05) is 20.1 Å². The lowest BCUT2D eigenvalue weighted by Gasteiger charge is -2.29. The Labute approximate surface area is 104 Å². The van der Waals surface area contributed by atoms with E-state index in [2.05, 4.69) is 18.7 Å². The zero-order valence-corrected chi connectivity index (χ0v) is 11.2. The molecule has 1 aromatic carbocycles. The molecule has 0 aliphatic rings. The second-order valence-corrected chi connectivity index (χ2v) is 5.09. The Balaban J connectivity index is 2.96. The monoisotopic (exact) mass is 238 g/mol. The maximum absolute atomic E-state index is 13.3. The SMILES string of the molecule is Cc1ccc(F)cc1C(CN)N(C)CC(C)C. The van der Waals surface area contributed by atoms with Gasteiger partial charge in [0.05, 0.1) is 0 Å². The average molecular weight is 238 g/mol. The number of nitrogens with zero attached hydrogens (tertiary/aromatic N) is 1. The van der Waals surface area contributed by atoms with Gasteiger partial charge in [-0.25, -0.2) is 4.39 Å². The third kappa shape index (κ3) is 3.79. The van der Waals surface area contributed by atoms with E-state index < -0.39 is 0 Å². The van der Waals surface area contributed by atoms with Gasteiger partial charge in [-0.1, -0.05) is 19.9 Å². The highest BCUT2D eigenvalue weighted by molar-refractivity contribution is 5.29. The Morgan fingerprint density at radius 2 is 2.00 bits per heavy atom. The second kappa shape index (κ2) is 6.12. The summed E-state index contributed by atoms with van der Waals surface area (Å²) in [6, 6.07) is 5.00. The van der Waals surface area contributed by atoms with E-state index in [1.807, 2.05) is 20.0 Å². The molecule has 2 nitrogen and oxygen atoms in total. The van der Waals surface area contributed by atoms with Crippen LogP contribution in [0.25, 0.3) is 0 Å². The molecule has 0 aromatic heterocycles. The van der Waals surface area contributed by atoms with Gasteiger partial charge < -0.3 is 5.73 Å². The van der Waals surface area contributed by atoms with Crippen LogP contribution in [0.5, 0.6) is 0 Å². The third-order valence-electron chi connectivity index (χ3n) is 3.01. The van der Waals surface area contributed by atoms with Crippen LogP contribution in [0.2, 0.25) is 0 Å². The Hall–Kier alpha value is -0.930. The van der Waals surface area contributed by atoms with Crippen LogP contribution in [0, 0.1) is 18.7 Å². The van der Waals surface area contributed by atoms with E-state index in [0.29, 0.717) is 12.5 Å². The highest BCUT2D eigenvalue weighted by Gasteiger charge is 2.18. The Kier molecular flexibility index (Phi) is 5.09. The molecule has 0 amide bonds. The third-order valence-corrected chi connectivity index (χ3v) is 3.01. The number of hydrogen-bond acceptors (Lipinski definition) is 2. The summed E-state index contributed by atoms with van der Waals surface area (Å²) in [6.07, 6.45) is 0. The van der Waals surface area contributed by atoms with Crippen LogP contribution in [0.1, 0.15) is 31.0 Å². The number of halogens is 1. The second-order valence-electron chi connectivity index (χ2n) is 5.09. The van der Waals surface area contributed by atoms with Gasteiger partial charge in [0, 0.05) is 19.1 Å². The molecule has 3 heteroatoms. The summed E-state index contributed by atoms with van der Waals surface area (Å²) in [7, 11) is 2.04. The number of nitrogens with two attached hydrogens (primary N) is 1. The number of hydrogen-bond donors (Lipinski definition) is 1. The van der Waals surface area contributed by atoms with E-state index in [1.165, 1.54) is 6.07 Å². The standard InChI is InChI=1S/C14H23FN2/c1-10(2)9-17(4)14(8-16)13-7-12(15)6-5-11(13)3/h5-7,10,14H,8-9,16H2,1-4H3. The largest absolute Gasteiger partial charge is 0.329 e. The first kappa shape index (κ1) is 14.1. The molecule has 96 valence electrons. The van der Waals surface area contributed by atoms with Crippen molar-refractivity contribution >= 4 is 0 Å². The van der Waals surface area contributed by atoms with Crippen LogP contribution in [-0.4, -0.2) is 25.0 Å². The lowest BCUT2D eigenvalue weighted by atomic mass is 9.99. The first-order valence-corrected chi connectivity index (χ1v) is 6.12. The molecule has 1 unspecified atom stereocenters. The van der Waals surface area contributed by atoms with Crippen LogP contribution >= 0.6 is 0 Å². The summed E-state index contributed by atoms with van der Waals surface area (Å²) in [5.41, 5.74) is 7.93. The van der Waals surface area contributed by atoms with E-state index in [4.69, 9.17) is 5.73 Å². The molecule has 0 radical (unpaired) electrons. The molecule has 0 spiro atoms. The molecule has 2 N–H and O–H groups in total. The van der Waals surface area contributed by atoms with E-state index in [0.717, 1.165) is 17.7 Å². The van der Waals surface area contributed by atoms with Crippen LogP contribution in [-0.2, 0) is 0 Å². The number of rotatable bonds is 5. The van der Waals surface area contributed by atoms with Gasteiger partial charge in [0.15, 0.2) is 0 Å². The van der Waals surface area contributed by atoms with Crippen molar-refractivity contribution in [3.63, 3.8) is 0 Å². The molecular formula is C14H23FN2. The van der Waals surface area contributed by atoms with E-state index >= 15 is 0 Å². The predicted molar refractivity (Wildman–Crippen MR) is 70.4 cm³/mol. The maximum Gasteiger partial charge on any atom is 0.123 e. The summed E-state index contributed by atoms with van der Waals surface area (Å²) in [6.45, 7) is 7.80. The minimum Gasteiger partial charge on any atom is -0.329 e. The van der Waals surface area contributed by atoms with Crippen LogP contribution in [0.15, 0.2) is 18.2 Å². The molecule has 0 fully saturated rings. The van der Waals surface area contributed by atoms with Gasteiger partial charge in [0.25, 0.3) is 0 Å². The van der Waals surface area contributed by atoms with Crippen LogP contribution in [0.3, 0.4) is 0 Å². The zero-order chi connectivity index (χ0) is 13.0. The summed E-state index contributed by atoms with van der Waals surface area (Å²) in [5.74, 6) is 0.380. The van der Waals surface area contributed by atoms with Gasteiger partial charge >= 0.3 is 0 Å². The van der Waals surface area contributed by atoms with Crippen molar-refractivity contribution in [1.29, 1.82) is 0 Å². The molecule has 0 heterocycles. The van der Waals surface area contributed by atoms with Crippen molar-refractivity contribution in [3.05, 3.63) is 35.1 Å². The van der Waals surface area contributed by atoms with Crippen molar-refractivity contribution in [3.8, 4) is 0 Å². The van der Waals surface area contributed by atoms with Gasteiger partial charge in [0.1, 0.15) is 5.82 Å². The number of aryl methyl sites for hydroxylation is 1. The fraction of sp³-hybridized carbons (Fsp3) is 0.571. The predicted octanol–water partition coefficient (Wildman–Crippen LogP) is 2.72. The lowest BCUT2D eigenvalue weighted by Crippen LogP contribution is -2.33. The van der Waals surface area contributed by atoms with Crippen molar-refractivity contribution in [2.45, 2.75) is 26.8 Å². The molecule has 1 rings (SSSR count). The van der Waals surface area contributed by atoms with E-state index in [9.17, 15) is 4.39 Å². The van der Waals surface area contributed by atoms with Crippen molar-refractivity contribution in [2.24, 2.45) is 11.7 Å². The Bertz CT molecular complexity index is 363. The molecule has 0 aliphatic carbocycles.